The highest BCUT2D eigenvalue weighted by Crippen LogP contribution is 2.33. The molecule has 1 saturated carbocycles. The highest BCUT2D eigenvalue weighted by atomic mass is 14.6. The molecule has 0 radical (unpaired) electrons. The number of fused-ring (bicyclic) bond motifs is 1. The fraction of sp³-hybridized carbons (Fsp3) is 0.438. The van der Waals surface area contributed by atoms with E-state index in [1.807, 2.05) is 12.4 Å². The zero-order chi connectivity index (χ0) is 12.4. The molecule has 2 aromatic rings. The Morgan fingerprint density at radius 1 is 1.22 bits per heavy atom. The van der Waals surface area contributed by atoms with Crippen LogP contribution in [0, 0.1) is 5.92 Å². The van der Waals surface area contributed by atoms with Gasteiger partial charge in [0.05, 0.1) is 0 Å². The maximum atomic E-state index is 6.41. The van der Waals surface area contributed by atoms with E-state index in [2.05, 4.69) is 29.2 Å². The summed E-state index contributed by atoms with van der Waals surface area (Å²) in [5, 5.41) is 2.45. The third-order valence-electron chi connectivity index (χ3n) is 4.18. The smallest absolute Gasteiger partial charge is 0.0349 e. The van der Waals surface area contributed by atoms with Crippen LogP contribution in [0.2, 0.25) is 0 Å². The van der Waals surface area contributed by atoms with Gasteiger partial charge >= 0.3 is 0 Å². The molecule has 0 aliphatic heterocycles. The molecular formula is C16H20N2. The lowest BCUT2D eigenvalue weighted by atomic mass is 9.92. The van der Waals surface area contributed by atoms with Crippen LogP contribution in [0.5, 0.6) is 0 Å². The van der Waals surface area contributed by atoms with E-state index in [9.17, 15) is 0 Å². The highest BCUT2D eigenvalue weighted by Gasteiger charge is 2.19. The Balaban J connectivity index is 1.88. The average molecular weight is 240 g/mol. The van der Waals surface area contributed by atoms with E-state index in [1.54, 1.807) is 0 Å². The number of rotatable bonds is 3. The normalized spacial score (nSPS) is 18.3. The van der Waals surface area contributed by atoms with Gasteiger partial charge in [-0.2, -0.15) is 0 Å². The summed E-state index contributed by atoms with van der Waals surface area (Å²) in [7, 11) is 0. The summed E-state index contributed by atoms with van der Waals surface area (Å²) in [4.78, 5) is 4.23. The van der Waals surface area contributed by atoms with Crippen molar-refractivity contribution in [3.63, 3.8) is 0 Å². The zero-order valence-corrected chi connectivity index (χ0v) is 10.7. The van der Waals surface area contributed by atoms with Crippen molar-refractivity contribution in [2.24, 2.45) is 11.7 Å². The molecular weight excluding hydrogens is 220 g/mol. The number of nitrogens with zero attached hydrogens (tertiary/aromatic N) is 1. The molecule has 0 saturated heterocycles. The molecule has 2 N–H and O–H groups in total. The largest absolute Gasteiger partial charge is 0.324 e. The van der Waals surface area contributed by atoms with E-state index in [0.29, 0.717) is 0 Å². The Morgan fingerprint density at radius 2 is 2.06 bits per heavy atom. The Labute approximate surface area is 108 Å². The van der Waals surface area contributed by atoms with Gasteiger partial charge in [-0.15, -0.1) is 0 Å². The van der Waals surface area contributed by atoms with Gasteiger partial charge in [0.25, 0.3) is 0 Å². The van der Waals surface area contributed by atoms with Gasteiger partial charge in [0.1, 0.15) is 0 Å². The summed E-state index contributed by atoms with van der Waals surface area (Å²) in [5.74, 6) is 0.826. The van der Waals surface area contributed by atoms with Crippen LogP contribution < -0.4 is 5.73 Å². The van der Waals surface area contributed by atoms with Gasteiger partial charge < -0.3 is 5.73 Å². The summed E-state index contributed by atoms with van der Waals surface area (Å²) in [6.07, 6.45) is 10.4. The number of pyridine rings is 1. The van der Waals surface area contributed by atoms with Crippen molar-refractivity contribution in [2.75, 3.05) is 0 Å². The summed E-state index contributed by atoms with van der Waals surface area (Å²) in [6, 6.07) is 8.60. The Kier molecular flexibility index (Phi) is 3.28. The standard InChI is InChI=1S/C16H20N2/c17-16(10-12-4-1-2-5-12)14-7-3-6-13-8-9-18-11-15(13)14/h3,6-9,11-12,16H,1-2,4-5,10,17H2. The van der Waals surface area contributed by atoms with Gasteiger partial charge in [0, 0.05) is 23.8 Å². The molecule has 1 aromatic heterocycles. The second kappa shape index (κ2) is 5.07. The van der Waals surface area contributed by atoms with Crippen molar-refractivity contribution in [3.05, 3.63) is 42.2 Å². The van der Waals surface area contributed by atoms with Gasteiger partial charge in [-0.1, -0.05) is 43.9 Å². The number of hydrogen-bond acceptors (Lipinski definition) is 2. The fourth-order valence-electron chi connectivity index (χ4n) is 3.19. The maximum absolute atomic E-state index is 6.41. The molecule has 0 bridgehead atoms. The highest BCUT2D eigenvalue weighted by molar-refractivity contribution is 5.85. The summed E-state index contributed by atoms with van der Waals surface area (Å²) >= 11 is 0. The summed E-state index contributed by atoms with van der Waals surface area (Å²) in [5.41, 5.74) is 7.67. The molecule has 1 aliphatic rings. The van der Waals surface area contributed by atoms with Crippen LogP contribution in [-0.2, 0) is 0 Å². The second-order valence-electron chi connectivity index (χ2n) is 5.44. The minimum Gasteiger partial charge on any atom is -0.324 e. The predicted octanol–water partition coefficient (Wildman–Crippen LogP) is 3.81. The first-order valence-corrected chi connectivity index (χ1v) is 6.93. The molecule has 1 aliphatic carbocycles. The lowest BCUT2D eigenvalue weighted by molar-refractivity contribution is 0.452. The van der Waals surface area contributed by atoms with Crippen LogP contribution in [-0.4, -0.2) is 4.98 Å². The molecule has 1 aromatic carbocycles. The molecule has 1 fully saturated rings. The topological polar surface area (TPSA) is 38.9 Å². The second-order valence-corrected chi connectivity index (χ2v) is 5.44. The molecule has 1 unspecified atom stereocenters. The molecule has 2 heteroatoms. The van der Waals surface area contributed by atoms with E-state index < -0.39 is 0 Å². The lowest BCUT2D eigenvalue weighted by Crippen LogP contribution is -2.14. The molecule has 0 spiro atoms. The third kappa shape index (κ3) is 2.25. The number of nitrogens with two attached hydrogens (primary N) is 1. The molecule has 0 amide bonds. The van der Waals surface area contributed by atoms with Crippen molar-refractivity contribution in [1.82, 2.24) is 4.98 Å². The van der Waals surface area contributed by atoms with Crippen LogP contribution in [0.15, 0.2) is 36.7 Å². The van der Waals surface area contributed by atoms with Gasteiger partial charge in [-0.3, -0.25) is 4.98 Å². The summed E-state index contributed by atoms with van der Waals surface area (Å²) in [6.45, 7) is 0. The molecule has 3 rings (SSSR count). The van der Waals surface area contributed by atoms with Crippen molar-refractivity contribution < 1.29 is 0 Å². The zero-order valence-electron chi connectivity index (χ0n) is 10.7. The van der Waals surface area contributed by atoms with E-state index in [0.717, 1.165) is 12.3 Å². The van der Waals surface area contributed by atoms with Crippen molar-refractivity contribution in [2.45, 2.75) is 38.1 Å². The van der Waals surface area contributed by atoms with Gasteiger partial charge in [0.15, 0.2) is 0 Å². The van der Waals surface area contributed by atoms with E-state index in [1.165, 1.54) is 42.0 Å². The molecule has 2 nitrogen and oxygen atoms in total. The maximum Gasteiger partial charge on any atom is 0.0349 e. The Morgan fingerprint density at radius 3 is 2.89 bits per heavy atom. The quantitative estimate of drug-likeness (QED) is 0.886. The first-order chi connectivity index (χ1) is 8.84. The molecule has 1 atom stereocenters. The van der Waals surface area contributed by atoms with Crippen LogP contribution in [0.25, 0.3) is 10.8 Å². The minimum absolute atomic E-state index is 0.154. The lowest BCUT2D eigenvalue weighted by Gasteiger charge is -2.18. The van der Waals surface area contributed by atoms with Gasteiger partial charge in [0.2, 0.25) is 0 Å². The SMILES string of the molecule is NC(CC1CCCC1)c1cccc2ccncc12. The first kappa shape index (κ1) is 11.7. The Bertz CT molecular complexity index is 524. The van der Waals surface area contributed by atoms with E-state index in [4.69, 9.17) is 5.73 Å². The Hall–Kier alpha value is -1.41. The van der Waals surface area contributed by atoms with Gasteiger partial charge in [-0.05, 0) is 29.4 Å². The van der Waals surface area contributed by atoms with Crippen molar-refractivity contribution >= 4 is 10.8 Å². The van der Waals surface area contributed by atoms with Gasteiger partial charge in [-0.25, -0.2) is 0 Å². The average Bonchev–Trinajstić information content (AvgIpc) is 2.91. The first-order valence-electron chi connectivity index (χ1n) is 6.93. The van der Waals surface area contributed by atoms with Crippen LogP contribution in [0.1, 0.15) is 43.7 Å². The number of hydrogen-bond donors (Lipinski definition) is 1. The summed E-state index contributed by atoms with van der Waals surface area (Å²) < 4.78 is 0. The van der Waals surface area contributed by atoms with Crippen LogP contribution >= 0.6 is 0 Å². The predicted molar refractivity (Wildman–Crippen MR) is 75.2 cm³/mol. The third-order valence-corrected chi connectivity index (χ3v) is 4.18. The molecule has 1 heterocycles. The number of benzene rings is 1. The number of aromatic nitrogens is 1. The van der Waals surface area contributed by atoms with Crippen LogP contribution in [0.3, 0.4) is 0 Å². The van der Waals surface area contributed by atoms with Crippen molar-refractivity contribution in [1.29, 1.82) is 0 Å². The van der Waals surface area contributed by atoms with Crippen molar-refractivity contribution in [3.8, 4) is 0 Å². The fourth-order valence-corrected chi connectivity index (χ4v) is 3.19. The molecule has 18 heavy (non-hydrogen) atoms. The van der Waals surface area contributed by atoms with E-state index >= 15 is 0 Å². The molecule has 94 valence electrons. The van der Waals surface area contributed by atoms with E-state index in [-0.39, 0.29) is 6.04 Å². The van der Waals surface area contributed by atoms with Crippen LogP contribution in [0.4, 0.5) is 0 Å². The monoisotopic (exact) mass is 240 g/mol. The minimum atomic E-state index is 0.154.